The Kier molecular flexibility index (Phi) is 5.05. The summed E-state index contributed by atoms with van der Waals surface area (Å²) in [7, 11) is 1.67. The fourth-order valence-corrected chi connectivity index (χ4v) is 3.44. The number of para-hydroxylation sites is 1. The second-order valence-corrected chi connectivity index (χ2v) is 5.81. The third kappa shape index (κ3) is 3.33. The van der Waals surface area contributed by atoms with Crippen molar-refractivity contribution in [1.82, 2.24) is 0 Å². The molecule has 0 heterocycles. The van der Waals surface area contributed by atoms with Gasteiger partial charge in [0.05, 0.1) is 13.0 Å². The van der Waals surface area contributed by atoms with Gasteiger partial charge in [0.15, 0.2) is 0 Å². The van der Waals surface area contributed by atoms with Crippen molar-refractivity contribution in [2.75, 3.05) is 7.11 Å². The van der Waals surface area contributed by atoms with Crippen LogP contribution in [0.3, 0.4) is 0 Å². The van der Waals surface area contributed by atoms with Gasteiger partial charge in [-0.25, -0.2) is 0 Å². The molecule has 20 heavy (non-hydrogen) atoms. The molecule has 1 aromatic carbocycles. The highest BCUT2D eigenvalue weighted by Gasteiger charge is 2.34. The van der Waals surface area contributed by atoms with Crippen LogP contribution in [0.1, 0.15) is 38.2 Å². The molecule has 1 aromatic rings. The predicted octanol–water partition coefficient (Wildman–Crippen LogP) is 3.76. The van der Waals surface area contributed by atoms with Gasteiger partial charge < -0.3 is 9.84 Å². The first kappa shape index (κ1) is 14.9. The molecular formula is C17H24O3. The number of aliphatic carboxylic acids is 1. The highest BCUT2D eigenvalue weighted by molar-refractivity contribution is 5.70. The Morgan fingerprint density at radius 1 is 1.35 bits per heavy atom. The molecule has 3 nitrogen and oxygen atoms in total. The Hall–Kier alpha value is -1.51. The lowest BCUT2D eigenvalue weighted by atomic mass is 9.71. The first-order chi connectivity index (χ1) is 9.65. The number of methoxy groups -OCH3 is 1. The lowest BCUT2D eigenvalue weighted by Crippen LogP contribution is -2.32. The third-order valence-corrected chi connectivity index (χ3v) is 4.66. The van der Waals surface area contributed by atoms with Gasteiger partial charge in [-0.3, -0.25) is 4.79 Å². The van der Waals surface area contributed by atoms with Gasteiger partial charge >= 0.3 is 5.97 Å². The number of carboxylic acid groups (broad SMARTS) is 1. The Morgan fingerprint density at radius 2 is 2.10 bits per heavy atom. The minimum Gasteiger partial charge on any atom is -0.496 e. The van der Waals surface area contributed by atoms with Crippen molar-refractivity contribution in [3.05, 3.63) is 29.8 Å². The lowest BCUT2D eigenvalue weighted by molar-refractivity contribution is -0.145. The van der Waals surface area contributed by atoms with Gasteiger partial charge in [-0.05, 0) is 49.1 Å². The summed E-state index contributed by atoms with van der Waals surface area (Å²) in [5, 5.41) is 9.44. The van der Waals surface area contributed by atoms with Gasteiger partial charge in [-0.2, -0.15) is 0 Å². The lowest BCUT2D eigenvalue weighted by Gasteiger charge is -2.34. The first-order valence-corrected chi connectivity index (χ1v) is 7.50. The highest BCUT2D eigenvalue weighted by atomic mass is 16.5. The maximum atomic E-state index is 11.5. The Bertz CT molecular complexity index is 455. The number of carbonyl (C=O) groups is 1. The molecule has 1 fully saturated rings. The van der Waals surface area contributed by atoms with E-state index < -0.39 is 5.97 Å². The quantitative estimate of drug-likeness (QED) is 0.890. The highest BCUT2D eigenvalue weighted by Crippen LogP contribution is 2.38. The van der Waals surface area contributed by atoms with Crippen molar-refractivity contribution >= 4 is 5.97 Å². The van der Waals surface area contributed by atoms with Crippen molar-refractivity contribution in [2.45, 2.75) is 39.0 Å². The molecule has 0 aliphatic heterocycles. The van der Waals surface area contributed by atoms with E-state index >= 15 is 0 Å². The van der Waals surface area contributed by atoms with Crippen molar-refractivity contribution in [1.29, 1.82) is 0 Å². The SMILES string of the molecule is CCC1CCC(C(=O)O)C(Cc2ccccc2OC)C1. The zero-order valence-electron chi connectivity index (χ0n) is 12.3. The van der Waals surface area contributed by atoms with Crippen LogP contribution in [0.25, 0.3) is 0 Å². The maximum Gasteiger partial charge on any atom is 0.306 e. The molecule has 1 N–H and O–H groups in total. The number of benzene rings is 1. The number of ether oxygens (including phenoxy) is 1. The molecule has 0 saturated heterocycles. The van der Waals surface area contributed by atoms with Gasteiger partial charge in [0.25, 0.3) is 0 Å². The molecule has 110 valence electrons. The summed E-state index contributed by atoms with van der Waals surface area (Å²) in [5.41, 5.74) is 1.13. The zero-order valence-corrected chi connectivity index (χ0v) is 12.3. The van der Waals surface area contributed by atoms with Crippen LogP contribution in [0, 0.1) is 17.8 Å². The van der Waals surface area contributed by atoms with E-state index in [1.165, 1.54) is 0 Å². The average Bonchev–Trinajstić information content (AvgIpc) is 2.47. The van der Waals surface area contributed by atoms with Crippen molar-refractivity contribution in [3.8, 4) is 5.75 Å². The maximum absolute atomic E-state index is 11.5. The van der Waals surface area contributed by atoms with E-state index in [1.54, 1.807) is 7.11 Å². The molecular weight excluding hydrogens is 252 g/mol. The summed E-state index contributed by atoms with van der Waals surface area (Å²) in [6.07, 6.45) is 4.83. The van der Waals surface area contributed by atoms with E-state index in [-0.39, 0.29) is 11.8 Å². The number of hydrogen-bond acceptors (Lipinski definition) is 2. The summed E-state index contributed by atoms with van der Waals surface area (Å²) in [6, 6.07) is 7.94. The van der Waals surface area contributed by atoms with Gasteiger partial charge in [-0.1, -0.05) is 31.5 Å². The Labute approximate surface area is 121 Å². The Balaban J connectivity index is 2.16. The number of rotatable bonds is 5. The van der Waals surface area contributed by atoms with E-state index in [9.17, 15) is 9.90 Å². The van der Waals surface area contributed by atoms with E-state index in [0.29, 0.717) is 5.92 Å². The fourth-order valence-electron chi connectivity index (χ4n) is 3.44. The Morgan fingerprint density at radius 3 is 2.75 bits per heavy atom. The standard InChI is InChI=1S/C17H24O3/c1-3-12-8-9-15(17(18)19)14(10-12)11-13-6-4-5-7-16(13)20-2/h4-7,12,14-15H,3,8-11H2,1-2H3,(H,18,19). The minimum absolute atomic E-state index is 0.206. The van der Waals surface area contributed by atoms with Crippen molar-refractivity contribution in [2.24, 2.45) is 17.8 Å². The molecule has 3 atom stereocenters. The summed E-state index contributed by atoms with van der Waals surface area (Å²) in [5.74, 6) is 0.922. The summed E-state index contributed by atoms with van der Waals surface area (Å²) >= 11 is 0. The number of hydrogen-bond donors (Lipinski definition) is 1. The van der Waals surface area contributed by atoms with E-state index in [2.05, 4.69) is 6.92 Å². The smallest absolute Gasteiger partial charge is 0.306 e. The van der Waals surface area contributed by atoms with Gasteiger partial charge in [0.2, 0.25) is 0 Å². The normalized spacial score (nSPS) is 26.2. The molecule has 1 aliphatic carbocycles. The molecule has 1 aliphatic rings. The molecule has 0 bridgehead atoms. The second-order valence-electron chi connectivity index (χ2n) is 5.81. The van der Waals surface area contributed by atoms with Crippen molar-refractivity contribution in [3.63, 3.8) is 0 Å². The summed E-state index contributed by atoms with van der Waals surface area (Å²) < 4.78 is 5.39. The molecule has 0 spiro atoms. The average molecular weight is 276 g/mol. The molecule has 0 radical (unpaired) electrons. The van der Waals surface area contributed by atoms with Gasteiger partial charge in [-0.15, -0.1) is 0 Å². The fraction of sp³-hybridized carbons (Fsp3) is 0.588. The van der Waals surface area contributed by atoms with Crippen LogP contribution < -0.4 is 4.74 Å². The van der Waals surface area contributed by atoms with E-state index in [0.717, 1.165) is 43.4 Å². The molecule has 1 saturated carbocycles. The molecule has 3 heteroatoms. The van der Waals surface area contributed by atoms with Crippen LogP contribution in [0.15, 0.2) is 24.3 Å². The largest absolute Gasteiger partial charge is 0.496 e. The summed E-state index contributed by atoms with van der Waals surface area (Å²) in [4.78, 5) is 11.5. The minimum atomic E-state index is -0.639. The monoisotopic (exact) mass is 276 g/mol. The second kappa shape index (κ2) is 6.78. The van der Waals surface area contributed by atoms with Crippen LogP contribution >= 0.6 is 0 Å². The molecule has 3 unspecified atom stereocenters. The zero-order chi connectivity index (χ0) is 14.5. The first-order valence-electron chi connectivity index (χ1n) is 7.50. The van der Waals surface area contributed by atoms with Crippen LogP contribution in [0.5, 0.6) is 5.75 Å². The van der Waals surface area contributed by atoms with Crippen LogP contribution in [-0.4, -0.2) is 18.2 Å². The third-order valence-electron chi connectivity index (χ3n) is 4.66. The van der Waals surface area contributed by atoms with Crippen LogP contribution in [-0.2, 0) is 11.2 Å². The van der Waals surface area contributed by atoms with Gasteiger partial charge in [0.1, 0.15) is 5.75 Å². The van der Waals surface area contributed by atoms with Crippen LogP contribution in [0.4, 0.5) is 0 Å². The summed E-state index contributed by atoms with van der Waals surface area (Å²) in [6.45, 7) is 2.20. The number of carboxylic acids is 1. The van der Waals surface area contributed by atoms with Gasteiger partial charge in [0, 0.05) is 0 Å². The molecule has 0 amide bonds. The van der Waals surface area contributed by atoms with E-state index in [1.807, 2.05) is 24.3 Å². The van der Waals surface area contributed by atoms with E-state index in [4.69, 9.17) is 4.74 Å². The van der Waals surface area contributed by atoms with Crippen molar-refractivity contribution < 1.29 is 14.6 Å². The topological polar surface area (TPSA) is 46.5 Å². The van der Waals surface area contributed by atoms with Crippen LogP contribution in [0.2, 0.25) is 0 Å². The predicted molar refractivity (Wildman–Crippen MR) is 78.9 cm³/mol. The molecule has 0 aromatic heterocycles. The molecule has 2 rings (SSSR count).